The Morgan fingerprint density at radius 3 is 2.76 bits per heavy atom. The molecular formula is C22H22N4O2S. The van der Waals surface area contributed by atoms with Gasteiger partial charge < -0.3 is 10.1 Å². The van der Waals surface area contributed by atoms with Crippen molar-refractivity contribution in [3.63, 3.8) is 0 Å². The average molecular weight is 407 g/mol. The number of aryl methyl sites for hydroxylation is 2. The summed E-state index contributed by atoms with van der Waals surface area (Å²) in [5.41, 5.74) is 6.97. The number of hydrogen-bond acceptors (Lipinski definition) is 5. The number of nitrogens with one attached hydrogen (secondary N) is 1. The molecule has 0 unspecified atom stereocenters. The van der Waals surface area contributed by atoms with Crippen LogP contribution in [0, 0.1) is 13.8 Å². The van der Waals surface area contributed by atoms with E-state index in [1.54, 1.807) is 7.05 Å². The van der Waals surface area contributed by atoms with Crippen molar-refractivity contribution < 1.29 is 9.53 Å². The average Bonchev–Trinajstić information content (AvgIpc) is 3.11. The maximum atomic E-state index is 11.7. The van der Waals surface area contributed by atoms with Gasteiger partial charge in [0, 0.05) is 18.0 Å². The smallest absolute Gasteiger partial charge is 0.262 e. The van der Waals surface area contributed by atoms with E-state index in [0.29, 0.717) is 11.4 Å². The molecular weight excluding hydrogens is 384 g/mol. The van der Waals surface area contributed by atoms with Crippen LogP contribution >= 0.6 is 11.3 Å². The lowest BCUT2D eigenvalue weighted by Gasteiger charge is -2.18. The summed E-state index contributed by atoms with van der Waals surface area (Å²) in [6.45, 7) is 6.25. The molecule has 2 heterocycles. The molecule has 4 rings (SSSR count). The van der Waals surface area contributed by atoms with E-state index < -0.39 is 0 Å². The number of thiazole rings is 1. The predicted octanol–water partition coefficient (Wildman–Crippen LogP) is 3.97. The van der Waals surface area contributed by atoms with Gasteiger partial charge in [0.2, 0.25) is 4.80 Å². The van der Waals surface area contributed by atoms with Gasteiger partial charge in [-0.05, 0) is 61.7 Å². The van der Waals surface area contributed by atoms with Crippen molar-refractivity contribution in [1.29, 1.82) is 0 Å². The third-order valence-corrected chi connectivity index (χ3v) is 5.87. The number of ether oxygens (including phenoxy) is 1. The van der Waals surface area contributed by atoms with E-state index in [-0.39, 0.29) is 12.5 Å². The van der Waals surface area contributed by atoms with Crippen molar-refractivity contribution in [2.45, 2.75) is 20.8 Å². The highest BCUT2D eigenvalue weighted by molar-refractivity contribution is 7.07. The van der Waals surface area contributed by atoms with E-state index in [2.05, 4.69) is 42.4 Å². The van der Waals surface area contributed by atoms with Crippen LogP contribution in [-0.4, -0.2) is 29.9 Å². The Kier molecular flexibility index (Phi) is 5.07. The number of carbonyl (C=O) groups excluding carboxylic acids is 1. The van der Waals surface area contributed by atoms with Crippen LogP contribution in [0.3, 0.4) is 0 Å². The molecule has 2 aromatic carbocycles. The summed E-state index contributed by atoms with van der Waals surface area (Å²) in [5.74, 6) is 0.519. The van der Waals surface area contributed by atoms with E-state index in [9.17, 15) is 4.79 Å². The van der Waals surface area contributed by atoms with Gasteiger partial charge in [0.05, 0.1) is 17.1 Å². The molecule has 1 aliphatic rings. The van der Waals surface area contributed by atoms with Crippen LogP contribution in [0.4, 0.5) is 5.69 Å². The molecule has 0 saturated carbocycles. The molecule has 0 radical (unpaired) electrons. The second kappa shape index (κ2) is 7.67. The Morgan fingerprint density at radius 1 is 1.17 bits per heavy atom. The van der Waals surface area contributed by atoms with Crippen molar-refractivity contribution in [2.24, 2.45) is 10.1 Å². The molecule has 0 atom stereocenters. The van der Waals surface area contributed by atoms with Crippen molar-refractivity contribution in [3.05, 3.63) is 63.3 Å². The fraction of sp³-hybridized carbons (Fsp3) is 0.227. The van der Waals surface area contributed by atoms with Gasteiger partial charge in [-0.15, -0.1) is 11.3 Å². The maximum absolute atomic E-state index is 11.7. The van der Waals surface area contributed by atoms with Gasteiger partial charge in [-0.1, -0.05) is 12.1 Å². The molecule has 1 N–H and O–H groups in total. The Bertz CT molecular complexity index is 1200. The zero-order valence-electron chi connectivity index (χ0n) is 16.8. The topological polar surface area (TPSA) is 68.0 Å². The first-order valence-corrected chi connectivity index (χ1v) is 10.2. The SMILES string of the molecule is CN=c1scc(-c2ccc3c(c2)NC(=O)CO3)n1N=C(C)c1ccc(C)c(C)c1. The Hall–Kier alpha value is -3.19. The third-order valence-electron chi connectivity index (χ3n) is 4.96. The second-order valence-electron chi connectivity index (χ2n) is 6.97. The number of fused-ring (bicyclic) bond motifs is 1. The minimum Gasteiger partial charge on any atom is -0.482 e. The van der Waals surface area contributed by atoms with Crippen molar-refractivity contribution >= 4 is 28.6 Å². The molecule has 0 fully saturated rings. The van der Waals surface area contributed by atoms with Crippen molar-refractivity contribution in [2.75, 3.05) is 19.0 Å². The van der Waals surface area contributed by atoms with Gasteiger partial charge in [-0.25, -0.2) is 4.68 Å². The largest absolute Gasteiger partial charge is 0.482 e. The van der Waals surface area contributed by atoms with Crippen LogP contribution in [0.15, 0.2) is 51.9 Å². The first-order valence-electron chi connectivity index (χ1n) is 9.30. The summed E-state index contributed by atoms with van der Waals surface area (Å²) in [6.07, 6.45) is 0. The van der Waals surface area contributed by atoms with Gasteiger partial charge in [0.15, 0.2) is 6.61 Å². The molecule has 0 spiro atoms. The summed E-state index contributed by atoms with van der Waals surface area (Å²) in [4.78, 5) is 16.8. The highest BCUT2D eigenvalue weighted by atomic mass is 32.1. The molecule has 1 aliphatic heterocycles. The highest BCUT2D eigenvalue weighted by Gasteiger charge is 2.18. The Morgan fingerprint density at radius 2 is 2.00 bits per heavy atom. The molecule has 148 valence electrons. The monoisotopic (exact) mass is 406 g/mol. The Balaban J connectivity index is 1.80. The van der Waals surface area contributed by atoms with Crippen LogP contribution in [0.1, 0.15) is 23.6 Å². The van der Waals surface area contributed by atoms with Crippen LogP contribution in [0.25, 0.3) is 11.3 Å². The van der Waals surface area contributed by atoms with Crippen molar-refractivity contribution in [3.8, 4) is 17.0 Å². The normalized spacial score (nSPS) is 14.4. The number of nitrogens with zero attached hydrogens (tertiary/aromatic N) is 3. The highest BCUT2D eigenvalue weighted by Crippen LogP contribution is 2.33. The molecule has 0 aliphatic carbocycles. The number of aromatic nitrogens is 1. The zero-order chi connectivity index (χ0) is 20.5. The lowest BCUT2D eigenvalue weighted by Crippen LogP contribution is -2.25. The summed E-state index contributed by atoms with van der Waals surface area (Å²) < 4.78 is 7.31. The van der Waals surface area contributed by atoms with Crippen LogP contribution < -0.4 is 14.9 Å². The number of rotatable bonds is 3. The summed E-state index contributed by atoms with van der Waals surface area (Å²) in [6, 6.07) is 12.1. The van der Waals surface area contributed by atoms with Gasteiger partial charge in [-0.2, -0.15) is 5.10 Å². The molecule has 3 aromatic rings. The quantitative estimate of drug-likeness (QED) is 0.669. The van der Waals surface area contributed by atoms with Gasteiger partial charge in [-0.3, -0.25) is 9.79 Å². The van der Waals surface area contributed by atoms with Crippen LogP contribution in [0.2, 0.25) is 0 Å². The molecule has 1 amide bonds. The molecule has 6 nitrogen and oxygen atoms in total. The van der Waals surface area contributed by atoms with E-state index >= 15 is 0 Å². The first kappa shape index (κ1) is 19.1. The molecule has 0 saturated heterocycles. The fourth-order valence-electron chi connectivity index (χ4n) is 3.16. The lowest BCUT2D eigenvalue weighted by atomic mass is 10.0. The molecule has 29 heavy (non-hydrogen) atoms. The van der Waals surface area contributed by atoms with Crippen LogP contribution in [0.5, 0.6) is 5.75 Å². The predicted molar refractivity (Wildman–Crippen MR) is 117 cm³/mol. The Labute approximate surface area is 173 Å². The summed E-state index contributed by atoms with van der Waals surface area (Å²) in [7, 11) is 1.76. The number of amides is 1. The van der Waals surface area contributed by atoms with E-state index in [1.807, 2.05) is 35.2 Å². The minimum absolute atomic E-state index is 0.0448. The van der Waals surface area contributed by atoms with E-state index in [0.717, 1.165) is 27.3 Å². The number of carbonyl (C=O) groups is 1. The second-order valence-corrected chi connectivity index (χ2v) is 7.81. The maximum Gasteiger partial charge on any atom is 0.262 e. The van der Waals surface area contributed by atoms with Crippen molar-refractivity contribution in [1.82, 2.24) is 4.68 Å². The summed E-state index contributed by atoms with van der Waals surface area (Å²) in [5, 5.41) is 9.75. The lowest BCUT2D eigenvalue weighted by molar-refractivity contribution is -0.118. The number of anilines is 1. The molecule has 0 bridgehead atoms. The molecule has 7 heteroatoms. The fourth-order valence-corrected chi connectivity index (χ4v) is 3.96. The van der Waals surface area contributed by atoms with E-state index in [4.69, 9.17) is 9.84 Å². The summed E-state index contributed by atoms with van der Waals surface area (Å²) >= 11 is 1.52. The molecule has 1 aromatic heterocycles. The van der Waals surface area contributed by atoms with E-state index in [1.165, 1.54) is 22.5 Å². The third kappa shape index (κ3) is 3.73. The van der Waals surface area contributed by atoms with Gasteiger partial charge in [0.1, 0.15) is 5.75 Å². The standard InChI is InChI=1S/C22H22N4O2S/c1-13-5-6-16(9-14(13)2)15(3)25-26-19(12-29-22(26)23-4)17-7-8-20-18(10-17)24-21(27)11-28-20/h5-10,12H,11H2,1-4H3,(H,24,27). The van der Waals surface area contributed by atoms with Gasteiger partial charge >= 0.3 is 0 Å². The van der Waals surface area contributed by atoms with Gasteiger partial charge in [0.25, 0.3) is 5.91 Å². The zero-order valence-corrected chi connectivity index (χ0v) is 17.6. The number of benzene rings is 2. The van der Waals surface area contributed by atoms with Crippen LogP contribution in [-0.2, 0) is 4.79 Å². The number of hydrogen-bond donors (Lipinski definition) is 1. The first-order chi connectivity index (χ1) is 14.0. The minimum atomic E-state index is -0.152.